The zero-order valence-corrected chi connectivity index (χ0v) is 13.2. The van der Waals surface area contributed by atoms with Crippen LogP contribution < -0.4 is 15.2 Å². The zero-order chi connectivity index (χ0) is 15.1. The van der Waals surface area contributed by atoms with Crippen molar-refractivity contribution < 1.29 is 14.2 Å². The van der Waals surface area contributed by atoms with E-state index < -0.39 is 0 Å². The summed E-state index contributed by atoms with van der Waals surface area (Å²) in [6.45, 7) is 7.52. The van der Waals surface area contributed by atoms with E-state index in [1.807, 2.05) is 25.1 Å². The Morgan fingerprint density at radius 2 is 2.05 bits per heavy atom. The molecule has 0 spiro atoms. The number of nitrogens with zero attached hydrogens (tertiary/aromatic N) is 1. The number of hydrogen-bond donors (Lipinski definition) is 1. The fourth-order valence-corrected chi connectivity index (χ4v) is 2.29. The molecule has 2 rings (SSSR count). The van der Waals surface area contributed by atoms with Gasteiger partial charge in [0.05, 0.1) is 19.8 Å². The van der Waals surface area contributed by atoms with Crippen LogP contribution in [0.15, 0.2) is 18.2 Å². The lowest BCUT2D eigenvalue weighted by Gasteiger charge is -2.26. The van der Waals surface area contributed by atoms with Gasteiger partial charge in [0.2, 0.25) is 0 Å². The van der Waals surface area contributed by atoms with Gasteiger partial charge in [-0.1, -0.05) is 12.2 Å². The van der Waals surface area contributed by atoms with E-state index in [2.05, 4.69) is 4.90 Å². The van der Waals surface area contributed by atoms with Gasteiger partial charge in [-0.05, 0) is 25.1 Å². The molecule has 0 amide bonds. The number of ether oxygens (including phenoxy) is 3. The molecular formula is C15H22N2O3S. The third kappa shape index (κ3) is 4.84. The van der Waals surface area contributed by atoms with Crippen molar-refractivity contribution in [1.82, 2.24) is 4.90 Å². The van der Waals surface area contributed by atoms with Crippen LogP contribution in [0.4, 0.5) is 0 Å². The molecule has 1 fully saturated rings. The fourth-order valence-electron chi connectivity index (χ4n) is 2.16. The van der Waals surface area contributed by atoms with E-state index in [1.165, 1.54) is 0 Å². The van der Waals surface area contributed by atoms with Crippen LogP contribution in [0.1, 0.15) is 12.5 Å². The molecule has 5 nitrogen and oxygen atoms in total. The van der Waals surface area contributed by atoms with Crippen molar-refractivity contribution in [2.45, 2.75) is 6.92 Å². The number of morpholine rings is 1. The Morgan fingerprint density at radius 1 is 1.29 bits per heavy atom. The van der Waals surface area contributed by atoms with Crippen molar-refractivity contribution in [3.05, 3.63) is 23.8 Å². The smallest absolute Gasteiger partial charge is 0.161 e. The molecule has 0 atom stereocenters. The molecular weight excluding hydrogens is 288 g/mol. The molecule has 1 heterocycles. The van der Waals surface area contributed by atoms with Gasteiger partial charge in [-0.15, -0.1) is 0 Å². The number of hydrogen-bond acceptors (Lipinski definition) is 5. The first kappa shape index (κ1) is 16.0. The first-order valence-corrected chi connectivity index (χ1v) is 7.61. The maximum absolute atomic E-state index is 5.84. The summed E-state index contributed by atoms with van der Waals surface area (Å²) >= 11 is 4.98. The van der Waals surface area contributed by atoms with Crippen LogP contribution in [0, 0.1) is 0 Å². The van der Waals surface area contributed by atoms with E-state index in [0.29, 0.717) is 24.0 Å². The van der Waals surface area contributed by atoms with Gasteiger partial charge in [0.15, 0.2) is 11.5 Å². The summed E-state index contributed by atoms with van der Waals surface area (Å²) in [5.41, 5.74) is 6.43. The quantitative estimate of drug-likeness (QED) is 0.769. The Kier molecular flexibility index (Phi) is 6.22. The SMILES string of the molecule is CCOc1cc(C(N)=S)ccc1OCCN1CCOCC1. The normalized spacial score (nSPS) is 15.7. The van der Waals surface area contributed by atoms with Gasteiger partial charge in [0, 0.05) is 25.2 Å². The van der Waals surface area contributed by atoms with E-state index >= 15 is 0 Å². The van der Waals surface area contributed by atoms with Gasteiger partial charge < -0.3 is 19.9 Å². The topological polar surface area (TPSA) is 57.0 Å². The predicted molar refractivity (Wildman–Crippen MR) is 86.3 cm³/mol. The zero-order valence-electron chi connectivity index (χ0n) is 12.3. The molecule has 0 radical (unpaired) electrons. The number of thiocarbonyl (C=S) groups is 1. The standard InChI is InChI=1S/C15H22N2O3S/c1-2-19-14-11-12(15(16)21)3-4-13(14)20-10-7-17-5-8-18-9-6-17/h3-4,11H,2,5-10H2,1H3,(H2,16,21). The highest BCUT2D eigenvalue weighted by molar-refractivity contribution is 7.80. The molecule has 116 valence electrons. The molecule has 0 unspecified atom stereocenters. The minimum absolute atomic E-state index is 0.357. The molecule has 0 aromatic heterocycles. The summed E-state index contributed by atoms with van der Waals surface area (Å²) in [6.07, 6.45) is 0. The van der Waals surface area contributed by atoms with Crippen molar-refractivity contribution in [1.29, 1.82) is 0 Å². The van der Waals surface area contributed by atoms with Gasteiger partial charge in [-0.25, -0.2) is 0 Å². The Hall–Kier alpha value is -1.37. The van der Waals surface area contributed by atoms with Crippen LogP contribution >= 0.6 is 12.2 Å². The highest BCUT2D eigenvalue weighted by atomic mass is 32.1. The Morgan fingerprint density at radius 3 is 2.71 bits per heavy atom. The minimum atomic E-state index is 0.357. The molecule has 0 aliphatic carbocycles. The van der Waals surface area contributed by atoms with Crippen molar-refractivity contribution in [2.75, 3.05) is 46.1 Å². The maximum Gasteiger partial charge on any atom is 0.161 e. The molecule has 1 aromatic carbocycles. The van der Waals surface area contributed by atoms with Crippen LogP contribution in [0.5, 0.6) is 11.5 Å². The number of nitrogens with two attached hydrogens (primary N) is 1. The van der Waals surface area contributed by atoms with Crippen LogP contribution in [-0.4, -0.2) is 56.0 Å². The molecule has 1 aliphatic heterocycles. The number of benzene rings is 1. The van der Waals surface area contributed by atoms with Gasteiger partial charge in [0.25, 0.3) is 0 Å². The van der Waals surface area contributed by atoms with Crippen LogP contribution in [0.25, 0.3) is 0 Å². The van der Waals surface area contributed by atoms with Crippen molar-refractivity contribution in [3.63, 3.8) is 0 Å². The average molecular weight is 310 g/mol. The summed E-state index contributed by atoms with van der Waals surface area (Å²) in [5.74, 6) is 1.41. The summed E-state index contributed by atoms with van der Waals surface area (Å²) in [4.78, 5) is 2.68. The first-order chi connectivity index (χ1) is 10.2. The van der Waals surface area contributed by atoms with Crippen molar-refractivity contribution in [2.24, 2.45) is 5.73 Å². The highest BCUT2D eigenvalue weighted by Gasteiger charge is 2.11. The third-order valence-electron chi connectivity index (χ3n) is 3.30. The van der Waals surface area contributed by atoms with E-state index in [-0.39, 0.29) is 0 Å². The molecule has 0 bridgehead atoms. The molecule has 1 aliphatic rings. The van der Waals surface area contributed by atoms with Crippen molar-refractivity contribution in [3.8, 4) is 11.5 Å². The van der Waals surface area contributed by atoms with Crippen LogP contribution in [0.2, 0.25) is 0 Å². The molecule has 6 heteroatoms. The Labute approximate surface area is 131 Å². The third-order valence-corrected chi connectivity index (χ3v) is 3.53. The molecule has 1 aromatic rings. The summed E-state index contributed by atoms with van der Waals surface area (Å²) in [6, 6.07) is 5.55. The van der Waals surface area contributed by atoms with Gasteiger partial charge in [-0.2, -0.15) is 0 Å². The Bertz CT molecular complexity index is 476. The van der Waals surface area contributed by atoms with Crippen molar-refractivity contribution >= 4 is 17.2 Å². The van der Waals surface area contributed by atoms with Gasteiger partial charge in [0.1, 0.15) is 11.6 Å². The molecule has 2 N–H and O–H groups in total. The van der Waals surface area contributed by atoms with E-state index in [0.717, 1.165) is 44.2 Å². The van der Waals surface area contributed by atoms with Gasteiger partial charge in [-0.3, -0.25) is 4.90 Å². The largest absolute Gasteiger partial charge is 0.490 e. The second-order valence-corrected chi connectivity index (χ2v) is 5.20. The second kappa shape index (κ2) is 8.17. The lowest BCUT2D eigenvalue weighted by atomic mass is 10.2. The predicted octanol–water partition coefficient (Wildman–Crippen LogP) is 1.43. The Balaban J connectivity index is 1.93. The molecule has 21 heavy (non-hydrogen) atoms. The lowest BCUT2D eigenvalue weighted by molar-refractivity contribution is 0.0321. The fraction of sp³-hybridized carbons (Fsp3) is 0.533. The molecule has 1 saturated heterocycles. The minimum Gasteiger partial charge on any atom is -0.490 e. The summed E-state index contributed by atoms with van der Waals surface area (Å²) in [5, 5.41) is 0. The average Bonchev–Trinajstić information content (AvgIpc) is 2.50. The number of rotatable bonds is 7. The van der Waals surface area contributed by atoms with Gasteiger partial charge >= 0.3 is 0 Å². The maximum atomic E-state index is 5.84. The highest BCUT2D eigenvalue weighted by Crippen LogP contribution is 2.28. The molecule has 0 saturated carbocycles. The van der Waals surface area contributed by atoms with Crippen LogP contribution in [-0.2, 0) is 4.74 Å². The monoisotopic (exact) mass is 310 g/mol. The van der Waals surface area contributed by atoms with E-state index in [9.17, 15) is 0 Å². The summed E-state index contributed by atoms with van der Waals surface area (Å²) in [7, 11) is 0. The second-order valence-electron chi connectivity index (χ2n) is 4.76. The lowest BCUT2D eigenvalue weighted by Crippen LogP contribution is -2.38. The first-order valence-electron chi connectivity index (χ1n) is 7.20. The summed E-state index contributed by atoms with van der Waals surface area (Å²) < 4.78 is 16.8. The van der Waals surface area contributed by atoms with E-state index in [1.54, 1.807) is 0 Å². The van der Waals surface area contributed by atoms with E-state index in [4.69, 9.17) is 32.2 Å². The van der Waals surface area contributed by atoms with Crippen LogP contribution in [0.3, 0.4) is 0 Å².